The van der Waals surface area contributed by atoms with Gasteiger partial charge in [-0.3, -0.25) is 9.59 Å². The number of aromatic hydroxyl groups is 1. The molecule has 3 saturated heterocycles. The third kappa shape index (κ3) is 2.97. The minimum absolute atomic E-state index is 0.0252. The number of aromatic nitrogens is 2. The zero-order valence-electron chi connectivity index (χ0n) is 13.5. The molecular formula is C17H18N4O3S. The predicted molar refractivity (Wildman–Crippen MR) is 91.0 cm³/mol. The third-order valence-electron chi connectivity index (χ3n) is 4.89. The van der Waals surface area contributed by atoms with Crippen LogP contribution in [0.15, 0.2) is 29.2 Å². The summed E-state index contributed by atoms with van der Waals surface area (Å²) in [7, 11) is 0. The predicted octanol–water partition coefficient (Wildman–Crippen LogP) is 1.51. The first-order chi connectivity index (χ1) is 12.1. The second-order valence-electron chi connectivity index (χ2n) is 6.46. The lowest BCUT2D eigenvalue weighted by Crippen LogP contribution is -2.47. The Hall–Kier alpha value is -2.48. The van der Waals surface area contributed by atoms with Crippen molar-refractivity contribution in [2.24, 2.45) is 5.92 Å². The molecule has 0 aliphatic carbocycles. The fourth-order valence-electron chi connectivity index (χ4n) is 3.62. The summed E-state index contributed by atoms with van der Waals surface area (Å²) in [5, 5.41) is 11.9. The van der Waals surface area contributed by atoms with Crippen molar-refractivity contribution in [3.8, 4) is 5.75 Å². The first-order valence-corrected chi connectivity index (χ1v) is 9.18. The van der Waals surface area contributed by atoms with Crippen molar-refractivity contribution in [3.63, 3.8) is 0 Å². The summed E-state index contributed by atoms with van der Waals surface area (Å²) in [6.45, 7) is 1.32. The molecule has 2 bridgehead atoms. The number of carbonyl (C=O) groups excluding carboxylic acids is 2. The Kier molecular flexibility index (Phi) is 4.12. The van der Waals surface area contributed by atoms with Crippen LogP contribution in [-0.2, 0) is 11.3 Å². The molecule has 2 amide bonds. The van der Waals surface area contributed by atoms with E-state index in [1.807, 2.05) is 10.3 Å². The number of thiazole rings is 1. The van der Waals surface area contributed by atoms with E-state index >= 15 is 0 Å². The van der Waals surface area contributed by atoms with Crippen molar-refractivity contribution >= 4 is 23.2 Å². The normalized spacial score (nSPS) is 23.0. The van der Waals surface area contributed by atoms with Crippen LogP contribution >= 0.6 is 11.3 Å². The lowest BCUT2D eigenvalue weighted by molar-refractivity contribution is -0.140. The van der Waals surface area contributed by atoms with E-state index in [2.05, 4.69) is 9.97 Å². The summed E-state index contributed by atoms with van der Waals surface area (Å²) in [6, 6.07) is 3.01. The molecular weight excluding hydrogens is 340 g/mol. The van der Waals surface area contributed by atoms with E-state index < -0.39 is 0 Å². The maximum absolute atomic E-state index is 12.8. The minimum Gasteiger partial charge on any atom is -0.505 e. The highest BCUT2D eigenvalue weighted by molar-refractivity contribution is 7.07. The Morgan fingerprint density at radius 3 is 2.96 bits per heavy atom. The van der Waals surface area contributed by atoms with Crippen molar-refractivity contribution < 1.29 is 14.7 Å². The molecule has 0 saturated carbocycles. The van der Waals surface area contributed by atoms with Crippen LogP contribution in [0.5, 0.6) is 5.75 Å². The molecule has 5 heterocycles. The molecule has 0 aromatic carbocycles. The Balaban J connectivity index is 1.57. The molecule has 1 N–H and O–H groups in total. The standard InChI is InChI=1S/C17H18N4O3S/c22-14-2-1-5-18-15(14)17(24)20-6-11-3-4-13(8-20)21(16(11)23)7-12-9-25-10-19-12/h1-2,5,9-11,13,22H,3-4,6-8H2/t11-,13+/m1/s1. The van der Waals surface area contributed by atoms with Crippen LogP contribution in [0, 0.1) is 5.92 Å². The average molecular weight is 358 g/mol. The zero-order chi connectivity index (χ0) is 17.4. The molecule has 2 atom stereocenters. The first kappa shape index (κ1) is 16.0. The Morgan fingerprint density at radius 1 is 1.32 bits per heavy atom. The fourth-order valence-corrected chi connectivity index (χ4v) is 4.17. The van der Waals surface area contributed by atoms with Crippen LogP contribution in [0.25, 0.3) is 0 Å². The largest absolute Gasteiger partial charge is 0.505 e. The van der Waals surface area contributed by atoms with Gasteiger partial charge in [-0.05, 0) is 25.0 Å². The number of carbonyl (C=O) groups is 2. The van der Waals surface area contributed by atoms with Gasteiger partial charge in [-0.1, -0.05) is 0 Å². The Labute approximate surface area is 148 Å². The molecule has 3 aliphatic rings. The molecule has 2 aromatic rings. The summed E-state index contributed by atoms with van der Waals surface area (Å²) in [5.74, 6) is -0.565. The summed E-state index contributed by atoms with van der Waals surface area (Å²) in [6.07, 6.45) is 3.15. The minimum atomic E-state index is -0.321. The molecule has 3 aliphatic heterocycles. The van der Waals surface area contributed by atoms with E-state index in [9.17, 15) is 14.7 Å². The van der Waals surface area contributed by atoms with Crippen molar-refractivity contribution in [1.29, 1.82) is 0 Å². The Morgan fingerprint density at radius 2 is 2.20 bits per heavy atom. The first-order valence-electron chi connectivity index (χ1n) is 8.24. The number of hydrogen-bond acceptors (Lipinski definition) is 6. The average Bonchev–Trinajstić information content (AvgIpc) is 2.98. The number of pyridine rings is 1. The highest BCUT2D eigenvalue weighted by Crippen LogP contribution is 2.31. The van der Waals surface area contributed by atoms with E-state index in [0.29, 0.717) is 19.6 Å². The molecule has 25 heavy (non-hydrogen) atoms. The van der Waals surface area contributed by atoms with Crippen LogP contribution in [-0.4, -0.2) is 55.8 Å². The lowest BCUT2D eigenvalue weighted by Gasteiger charge is -2.35. The maximum Gasteiger partial charge on any atom is 0.276 e. The number of fused-ring (bicyclic) bond motifs is 4. The van der Waals surface area contributed by atoms with Gasteiger partial charge < -0.3 is 14.9 Å². The Bertz CT molecular complexity index is 795. The second kappa shape index (κ2) is 6.44. The molecule has 0 spiro atoms. The quantitative estimate of drug-likeness (QED) is 0.899. The van der Waals surface area contributed by atoms with Gasteiger partial charge in [0, 0.05) is 30.7 Å². The van der Waals surface area contributed by atoms with Gasteiger partial charge in [0.1, 0.15) is 5.75 Å². The van der Waals surface area contributed by atoms with Crippen molar-refractivity contribution in [2.45, 2.75) is 25.4 Å². The molecule has 0 unspecified atom stereocenters. The van der Waals surface area contributed by atoms with Gasteiger partial charge in [0.05, 0.1) is 23.7 Å². The van der Waals surface area contributed by atoms with Gasteiger partial charge >= 0.3 is 0 Å². The van der Waals surface area contributed by atoms with Gasteiger partial charge in [-0.2, -0.15) is 0 Å². The second-order valence-corrected chi connectivity index (χ2v) is 7.17. The van der Waals surface area contributed by atoms with E-state index in [4.69, 9.17) is 0 Å². The molecule has 130 valence electrons. The third-order valence-corrected chi connectivity index (χ3v) is 5.52. The topological polar surface area (TPSA) is 86.6 Å². The van der Waals surface area contributed by atoms with E-state index in [1.54, 1.807) is 16.5 Å². The van der Waals surface area contributed by atoms with Gasteiger partial charge in [0.15, 0.2) is 5.69 Å². The van der Waals surface area contributed by atoms with E-state index in [-0.39, 0.29) is 35.2 Å². The monoisotopic (exact) mass is 358 g/mol. The maximum atomic E-state index is 12.8. The van der Waals surface area contributed by atoms with Crippen LogP contribution in [0.2, 0.25) is 0 Å². The van der Waals surface area contributed by atoms with Crippen molar-refractivity contribution in [3.05, 3.63) is 40.6 Å². The number of rotatable bonds is 3. The van der Waals surface area contributed by atoms with Gasteiger partial charge in [0.2, 0.25) is 5.91 Å². The van der Waals surface area contributed by atoms with Crippen molar-refractivity contribution in [2.75, 3.05) is 13.1 Å². The van der Waals surface area contributed by atoms with Gasteiger partial charge in [0.25, 0.3) is 5.91 Å². The van der Waals surface area contributed by atoms with Crippen LogP contribution in [0.1, 0.15) is 29.0 Å². The molecule has 2 aromatic heterocycles. The van der Waals surface area contributed by atoms with Crippen LogP contribution in [0.3, 0.4) is 0 Å². The molecule has 8 heteroatoms. The summed E-state index contributed by atoms with van der Waals surface area (Å²) in [5.41, 5.74) is 2.68. The van der Waals surface area contributed by atoms with E-state index in [0.717, 1.165) is 18.5 Å². The summed E-state index contributed by atoms with van der Waals surface area (Å²) >= 11 is 1.51. The number of amides is 2. The highest BCUT2D eigenvalue weighted by atomic mass is 32.1. The number of nitrogens with zero attached hydrogens (tertiary/aromatic N) is 4. The van der Waals surface area contributed by atoms with Crippen LogP contribution in [0.4, 0.5) is 0 Å². The highest BCUT2D eigenvalue weighted by Gasteiger charge is 2.42. The van der Waals surface area contributed by atoms with E-state index in [1.165, 1.54) is 23.6 Å². The lowest BCUT2D eigenvalue weighted by atomic mass is 9.94. The molecule has 0 radical (unpaired) electrons. The number of hydrogen-bond donors (Lipinski definition) is 1. The summed E-state index contributed by atoms with van der Waals surface area (Å²) < 4.78 is 0. The van der Waals surface area contributed by atoms with Crippen molar-refractivity contribution in [1.82, 2.24) is 19.8 Å². The smallest absolute Gasteiger partial charge is 0.276 e. The van der Waals surface area contributed by atoms with Crippen LogP contribution < -0.4 is 0 Å². The van der Waals surface area contributed by atoms with Gasteiger partial charge in [-0.15, -0.1) is 11.3 Å². The zero-order valence-corrected chi connectivity index (χ0v) is 14.4. The summed E-state index contributed by atoms with van der Waals surface area (Å²) in [4.78, 5) is 37.4. The number of piperidine rings is 1. The molecule has 5 rings (SSSR count). The molecule has 3 fully saturated rings. The fraction of sp³-hybridized carbons (Fsp3) is 0.412. The SMILES string of the molecule is O=C(c1ncccc1O)N1C[C@H]2CC[C@@H](C1)N(Cc1cscn1)C2=O. The van der Waals surface area contributed by atoms with Gasteiger partial charge in [-0.25, -0.2) is 9.97 Å². The molecule has 7 nitrogen and oxygen atoms in total.